The molecule has 2 aliphatic heterocycles. The normalized spacial score (nSPS) is 19.9. The average molecular weight is 442 g/mol. The van der Waals surface area contributed by atoms with Gasteiger partial charge in [-0.2, -0.15) is 0 Å². The van der Waals surface area contributed by atoms with Crippen LogP contribution in [0.4, 0.5) is 4.39 Å². The van der Waals surface area contributed by atoms with Gasteiger partial charge in [0.15, 0.2) is 5.76 Å². The SMILES string of the molecule is CCOC(=O)C1(C[C@@H]2CC(c3ccc(F)cc3)=NO2)CCN(C(=O)c2ccc(C)o2)CC1. The Morgan fingerprint density at radius 3 is 2.53 bits per heavy atom. The molecule has 0 spiro atoms. The lowest BCUT2D eigenvalue weighted by Gasteiger charge is -2.40. The third kappa shape index (κ3) is 4.54. The van der Waals surface area contributed by atoms with E-state index in [-0.39, 0.29) is 30.4 Å². The maximum absolute atomic E-state index is 13.2. The maximum atomic E-state index is 13.2. The number of aryl methyl sites for hydroxylation is 1. The number of likely N-dealkylation sites (tertiary alicyclic amines) is 1. The molecule has 0 radical (unpaired) electrons. The van der Waals surface area contributed by atoms with Gasteiger partial charge in [0.1, 0.15) is 17.7 Å². The van der Waals surface area contributed by atoms with Crippen LogP contribution in [0.15, 0.2) is 46.0 Å². The summed E-state index contributed by atoms with van der Waals surface area (Å²) < 4.78 is 24.1. The minimum Gasteiger partial charge on any atom is -0.466 e. The summed E-state index contributed by atoms with van der Waals surface area (Å²) in [6.45, 7) is 4.72. The second-order valence-corrected chi connectivity index (χ2v) is 8.38. The molecule has 8 heteroatoms. The maximum Gasteiger partial charge on any atom is 0.312 e. The Labute approximate surface area is 186 Å². The van der Waals surface area contributed by atoms with Crippen molar-refractivity contribution in [3.8, 4) is 0 Å². The number of esters is 1. The third-order valence-electron chi connectivity index (χ3n) is 6.20. The number of ether oxygens (including phenoxy) is 1. The van der Waals surface area contributed by atoms with Crippen LogP contribution >= 0.6 is 0 Å². The van der Waals surface area contributed by atoms with Crippen LogP contribution in [0.5, 0.6) is 0 Å². The van der Waals surface area contributed by atoms with E-state index in [4.69, 9.17) is 14.0 Å². The monoisotopic (exact) mass is 442 g/mol. The molecule has 3 heterocycles. The van der Waals surface area contributed by atoms with Crippen LogP contribution in [0.25, 0.3) is 0 Å². The number of halogens is 1. The predicted molar refractivity (Wildman–Crippen MR) is 115 cm³/mol. The van der Waals surface area contributed by atoms with Gasteiger partial charge in [0.05, 0.1) is 17.7 Å². The molecule has 1 aromatic carbocycles. The fraction of sp³-hybridized carbons (Fsp3) is 0.458. The van der Waals surface area contributed by atoms with Crippen molar-refractivity contribution in [1.29, 1.82) is 0 Å². The number of piperidine rings is 1. The van der Waals surface area contributed by atoms with E-state index in [1.54, 1.807) is 43.0 Å². The van der Waals surface area contributed by atoms with Gasteiger partial charge >= 0.3 is 5.97 Å². The molecule has 2 aliphatic rings. The summed E-state index contributed by atoms with van der Waals surface area (Å²) in [4.78, 5) is 33.1. The molecule has 0 unspecified atom stereocenters. The highest BCUT2D eigenvalue weighted by Gasteiger charge is 2.46. The second-order valence-electron chi connectivity index (χ2n) is 8.38. The molecule has 2 aromatic rings. The molecular weight excluding hydrogens is 415 g/mol. The highest BCUT2D eigenvalue weighted by atomic mass is 19.1. The first-order valence-corrected chi connectivity index (χ1v) is 10.9. The Hall–Kier alpha value is -3.16. The molecule has 0 N–H and O–H groups in total. The van der Waals surface area contributed by atoms with Crippen LogP contribution in [-0.4, -0.2) is 48.3 Å². The van der Waals surface area contributed by atoms with Gasteiger partial charge < -0.3 is 18.9 Å². The molecule has 1 aromatic heterocycles. The highest BCUT2D eigenvalue weighted by Crippen LogP contribution is 2.40. The molecular formula is C24H27FN2O5. The quantitative estimate of drug-likeness (QED) is 0.630. The number of nitrogens with zero attached hydrogens (tertiary/aromatic N) is 2. The van der Waals surface area contributed by atoms with Crippen molar-refractivity contribution >= 4 is 17.6 Å². The van der Waals surface area contributed by atoms with E-state index >= 15 is 0 Å². The van der Waals surface area contributed by atoms with Crippen molar-refractivity contribution < 1.29 is 28.0 Å². The van der Waals surface area contributed by atoms with Crippen molar-refractivity contribution in [3.05, 3.63) is 59.3 Å². The molecule has 1 saturated heterocycles. The Kier molecular flexibility index (Phi) is 6.30. The van der Waals surface area contributed by atoms with Gasteiger partial charge in [-0.1, -0.05) is 17.3 Å². The average Bonchev–Trinajstić information content (AvgIpc) is 3.43. The van der Waals surface area contributed by atoms with Crippen molar-refractivity contribution in [3.63, 3.8) is 0 Å². The van der Waals surface area contributed by atoms with Crippen molar-refractivity contribution in [2.75, 3.05) is 19.7 Å². The Balaban J connectivity index is 1.42. The molecule has 4 rings (SSSR count). The summed E-state index contributed by atoms with van der Waals surface area (Å²) in [6, 6.07) is 9.54. The number of hydrogen-bond acceptors (Lipinski definition) is 6. The van der Waals surface area contributed by atoms with Crippen molar-refractivity contribution in [2.45, 2.75) is 45.6 Å². The predicted octanol–water partition coefficient (Wildman–Crippen LogP) is 4.10. The molecule has 0 saturated carbocycles. The standard InChI is InChI=1S/C24H27FN2O5/c1-3-30-23(29)24(10-12-27(13-11-24)22(28)21-9-4-16(2)31-21)15-19-14-20(26-32-19)17-5-7-18(25)8-6-17/h4-9,19H,3,10-15H2,1-2H3/t19-/m0/s1. The zero-order chi connectivity index (χ0) is 22.7. The van der Waals surface area contributed by atoms with E-state index in [0.29, 0.717) is 50.3 Å². The zero-order valence-corrected chi connectivity index (χ0v) is 18.3. The lowest BCUT2D eigenvalue weighted by molar-refractivity contribution is -0.161. The summed E-state index contributed by atoms with van der Waals surface area (Å²) in [5.74, 6) is 0.246. The van der Waals surface area contributed by atoms with E-state index in [9.17, 15) is 14.0 Å². The number of hydrogen-bond donors (Lipinski definition) is 0. The van der Waals surface area contributed by atoms with Crippen LogP contribution in [0.2, 0.25) is 0 Å². The lowest BCUT2D eigenvalue weighted by atomic mass is 9.73. The third-order valence-corrected chi connectivity index (χ3v) is 6.20. The van der Waals surface area contributed by atoms with E-state index < -0.39 is 5.41 Å². The Morgan fingerprint density at radius 2 is 1.91 bits per heavy atom. The van der Waals surface area contributed by atoms with Gasteiger partial charge in [-0.3, -0.25) is 9.59 Å². The van der Waals surface area contributed by atoms with Crippen LogP contribution in [-0.2, 0) is 14.4 Å². The van der Waals surface area contributed by atoms with Gasteiger partial charge in [-0.05, 0) is 56.5 Å². The number of oxime groups is 1. The summed E-state index contributed by atoms with van der Waals surface area (Å²) in [7, 11) is 0. The molecule has 0 bridgehead atoms. The Bertz CT molecular complexity index is 1010. The highest BCUT2D eigenvalue weighted by molar-refractivity contribution is 6.01. The van der Waals surface area contributed by atoms with Crippen LogP contribution in [0, 0.1) is 18.2 Å². The summed E-state index contributed by atoms with van der Waals surface area (Å²) in [6.07, 6.45) is 1.64. The number of carbonyl (C=O) groups is 2. The lowest BCUT2D eigenvalue weighted by Crippen LogP contribution is -2.48. The van der Waals surface area contributed by atoms with Crippen molar-refractivity contribution in [2.24, 2.45) is 10.6 Å². The first-order valence-electron chi connectivity index (χ1n) is 10.9. The summed E-state index contributed by atoms with van der Waals surface area (Å²) in [5.41, 5.74) is 0.785. The van der Waals surface area contributed by atoms with Gasteiger partial charge in [0.2, 0.25) is 0 Å². The largest absolute Gasteiger partial charge is 0.466 e. The fourth-order valence-corrected chi connectivity index (χ4v) is 4.41. The summed E-state index contributed by atoms with van der Waals surface area (Å²) in [5, 5.41) is 4.17. The number of rotatable bonds is 6. The van der Waals surface area contributed by atoms with Gasteiger partial charge in [-0.25, -0.2) is 4.39 Å². The molecule has 1 amide bonds. The number of carbonyl (C=O) groups excluding carboxylic acids is 2. The van der Waals surface area contributed by atoms with E-state index in [0.717, 1.165) is 11.3 Å². The second kappa shape index (κ2) is 9.14. The number of amides is 1. The van der Waals surface area contributed by atoms with E-state index in [2.05, 4.69) is 5.16 Å². The van der Waals surface area contributed by atoms with Gasteiger partial charge in [-0.15, -0.1) is 0 Å². The fourth-order valence-electron chi connectivity index (χ4n) is 4.41. The minimum absolute atomic E-state index is 0.172. The van der Waals surface area contributed by atoms with Crippen molar-refractivity contribution in [1.82, 2.24) is 4.90 Å². The number of furan rings is 1. The van der Waals surface area contributed by atoms with Crippen LogP contribution < -0.4 is 0 Å². The Morgan fingerprint density at radius 1 is 1.19 bits per heavy atom. The minimum atomic E-state index is -0.746. The van der Waals surface area contributed by atoms with Gasteiger partial charge in [0, 0.05) is 25.9 Å². The van der Waals surface area contributed by atoms with E-state index in [1.807, 2.05) is 0 Å². The first kappa shape index (κ1) is 22.0. The zero-order valence-electron chi connectivity index (χ0n) is 18.3. The van der Waals surface area contributed by atoms with Gasteiger partial charge in [0.25, 0.3) is 5.91 Å². The number of benzene rings is 1. The summed E-state index contributed by atoms with van der Waals surface area (Å²) >= 11 is 0. The molecule has 1 atom stereocenters. The smallest absolute Gasteiger partial charge is 0.312 e. The van der Waals surface area contributed by atoms with Crippen LogP contribution in [0.1, 0.15) is 54.5 Å². The molecule has 7 nitrogen and oxygen atoms in total. The first-order chi connectivity index (χ1) is 15.4. The molecule has 0 aliphatic carbocycles. The van der Waals surface area contributed by atoms with E-state index in [1.165, 1.54) is 12.1 Å². The molecule has 1 fully saturated rings. The molecule has 32 heavy (non-hydrogen) atoms. The molecule has 170 valence electrons. The topological polar surface area (TPSA) is 81.3 Å². The van der Waals surface area contributed by atoms with Crippen LogP contribution in [0.3, 0.4) is 0 Å².